The molecular weight excluding hydrogens is 232 g/mol. The largest absolute Gasteiger partial charge is 0.481 e. The maximum absolute atomic E-state index is 12.2. The van der Waals surface area contributed by atoms with Gasteiger partial charge in [0.25, 0.3) is 0 Å². The molecule has 5 nitrogen and oxygen atoms in total. The Morgan fingerprint density at radius 1 is 1.44 bits per heavy atom. The Kier molecular flexibility index (Phi) is 4.99. The van der Waals surface area contributed by atoms with E-state index in [4.69, 9.17) is 5.11 Å². The van der Waals surface area contributed by atoms with Gasteiger partial charge in [-0.2, -0.15) is 0 Å². The number of hydrogen-bond donors (Lipinski definition) is 1. The van der Waals surface area contributed by atoms with Gasteiger partial charge in [-0.1, -0.05) is 13.8 Å². The van der Waals surface area contributed by atoms with Gasteiger partial charge in [0, 0.05) is 26.2 Å². The summed E-state index contributed by atoms with van der Waals surface area (Å²) in [4.78, 5) is 26.6. The average molecular weight is 256 g/mol. The number of carboxylic acids is 1. The van der Waals surface area contributed by atoms with E-state index in [2.05, 4.69) is 13.8 Å². The van der Waals surface area contributed by atoms with Crippen molar-refractivity contribution in [1.29, 1.82) is 0 Å². The molecule has 2 atom stereocenters. The van der Waals surface area contributed by atoms with E-state index in [1.54, 1.807) is 16.8 Å². The first-order valence-corrected chi connectivity index (χ1v) is 6.59. The van der Waals surface area contributed by atoms with Crippen molar-refractivity contribution in [1.82, 2.24) is 9.80 Å². The number of rotatable bonds is 4. The predicted molar refractivity (Wildman–Crippen MR) is 69.4 cm³/mol. The highest BCUT2D eigenvalue weighted by Gasteiger charge is 2.38. The summed E-state index contributed by atoms with van der Waals surface area (Å²) in [5.41, 5.74) is 0. The van der Waals surface area contributed by atoms with E-state index >= 15 is 0 Å². The molecule has 18 heavy (non-hydrogen) atoms. The Balaban J connectivity index is 2.55. The molecule has 1 saturated heterocycles. The average Bonchev–Trinajstić information content (AvgIpc) is 2.66. The van der Waals surface area contributed by atoms with Gasteiger partial charge in [0.2, 0.25) is 0 Å². The molecule has 0 aromatic rings. The molecule has 1 rings (SSSR count). The summed E-state index contributed by atoms with van der Waals surface area (Å²) in [5, 5.41) is 9.05. The van der Waals surface area contributed by atoms with Crippen molar-refractivity contribution in [3.63, 3.8) is 0 Å². The second kappa shape index (κ2) is 6.07. The number of carboxylic acid groups (broad SMARTS) is 1. The summed E-state index contributed by atoms with van der Waals surface area (Å²) < 4.78 is 0. The van der Waals surface area contributed by atoms with E-state index in [9.17, 15) is 9.59 Å². The lowest BCUT2D eigenvalue weighted by atomic mass is 10.0. The van der Waals surface area contributed by atoms with Gasteiger partial charge in [-0.15, -0.1) is 0 Å². The number of carbonyl (C=O) groups excluding carboxylic acids is 1. The van der Waals surface area contributed by atoms with Crippen LogP contribution in [-0.2, 0) is 4.79 Å². The summed E-state index contributed by atoms with van der Waals surface area (Å²) in [7, 11) is 1.78. The fraction of sp³-hybridized carbons (Fsp3) is 0.846. The second-order valence-electron chi connectivity index (χ2n) is 5.55. The molecule has 0 bridgehead atoms. The molecular formula is C13H24N2O3. The molecule has 0 aromatic carbocycles. The molecule has 0 aromatic heterocycles. The van der Waals surface area contributed by atoms with Crippen LogP contribution in [0.1, 0.15) is 33.6 Å². The van der Waals surface area contributed by atoms with E-state index in [0.29, 0.717) is 18.9 Å². The van der Waals surface area contributed by atoms with Gasteiger partial charge >= 0.3 is 12.0 Å². The van der Waals surface area contributed by atoms with Crippen LogP contribution >= 0.6 is 0 Å². The highest BCUT2D eigenvalue weighted by atomic mass is 16.4. The topological polar surface area (TPSA) is 60.9 Å². The minimum atomic E-state index is -0.803. The van der Waals surface area contributed by atoms with Crippen LogP contribution in [0.15, 0.2) is 0 Å². The van der Waals surface area contributed by atoms with Gasteiger partial charge in [-0.3, -0.25) is 4.79 Å². The van der Waals surface area contributed by atoms with Crippen molar-refractivity contribution < 1.29 is 14.7 Å². The number of nitrogens with zero attached hydrogens (tertiary/aromatic N) is 2. The van der Waals surface area contributed by atoms with Crippen LogP contribution < -0.4 is 0 Å². The summed E-state index contributed by atoms with van der Waals surface area (Å²) in [6, 6.07) is -0.261. The molecule has 5 heteroatoms. The van der Waals surface area contributed by atoms with Crippen molar-refractivity contribution in [3.8, 4) is 0 Å². The van der Waals surface area contributed by atoms with Crippen molar-refractivity contribution >= 4 is 12.0 Å². The number of aliphatic carboxylic acids is 1. The first-order chi connectivity index (χ1) is 8.34. The summed E-state index contributed by atoms with van der Waals surface area (Å²) in [6.45, 7) is 7.33. The third-order valence-electron chi connectivity index (χ3n) is 3.69. The van der Waals surface area contributed by atoms with Gasteiger partial charge in [0.05, 0.1) is 5.92 Å². The van der Waals surface area contributed by atoms with E-state index < -0.39 is 11.9 Å². The lowest BCUT2D eigenvalue weighted by molar-refractivity contribution is -0.142. The van der Waals surface area contributed by atoms with Gasteiger partial charge in [0.15, 0.2) is 0 Å². The van der Waals surface area contributed by atoms with E-state index in [0.717, 1.165) is 13.0 Å². The number of hydrogen-bond acceptors (Lipinski definition) is 2. The maximum Gasteiger partial charge on any atom is 0.320 e. The van der Waals surface area contributed by atoms with Crippen LogP contribution in [0.4, 0.5) is 4.79 Å². The van der Waals surface area contributed by atoms with Crippen LogP contribution in [0.3, 0.4) is 0 Å². The minimum Gasteiger partial charge on any atom is -0.481 e. The first kappa shape index (κ1) is 14.8. The lowest BCUT2D eigenvalue weighted by Gasteiger charge is -2.29. The molecule has 0 radical (unpaired) electrons. The predicted octanol–water partition coefficient (Wildman–Crippen LogP) is 1.88. The van der Waals surface area contributed by atoms with Crippen LogP contribution in [0.25, 0.3) is 0 Å². The van der Waals surface area contributed by atoms with Crippen molar-refractivity contribution in [3.05, 3.63) is 0 Å². The molecule has 1 fully saturated rings. The van der Waals surface area contributed by atoms with Crippen LogP contribution in [-0.4, -0.2) is 53.1 Å². The number of likely N-dealkylation sites (tertiary alicyclic amines) is 1. The number of amides is 2. The Hall–Kier alpha value is -1.26. The SMILES string of the molecule is CC(C)CCN(C)C(=O)N1CCC(C(=O)O)C1C. The Labute approximate surface area is 109 Å². The monoisotopic (exact) mass is 256 g/mol. The molecule has 1 aliphatic rings. The Morgan fingerprint density at radius 3 is 2.50 bits per heavy atom. The third kappa shape index (κ3) is 3.37. The molecule has 0 aliphatic carbocycles. The van der Waals surface area contributed by atoms with E-state index in [1.165, 1.54) is 0 Å². The van der Waals surface area contributed by atoms with Crippen molar-refractivity contribution in [2.24, 2.45) is 11.8 Å². The fourth-order valence-electron chi connectivity index (χ4n) is 2.31. The molecule has 0 saturated carbocycles. The van der Waals surface area contributed by atoms with E-state index in [1.807, 2.05) is 6.92 Å². The summed E-state index contributed by atoms with van der Waals surface area (Å²) >= 11 is 0. The van der Waals surface area contributed by atoms with Crippen LogP contribution in [0.2, 0.25) is 0 Å². The zero-order chi connectivity index (χ0) is 13.9. The van der Waals surface area contributed by atoms with Gasteiger partial charge in [-0.25, -0.2) is 4.79 Å². The molecule has 1 heterocycles. The fourth-order valence-corrected chi connectivity index (χ4v) is 2.31. The normalized spacial score (nSPS) is 23.5. The first-order valence-electron chi connectivity index (χ1n) is 6.59. The number of carbonyl (C=O) groups is 2. The van der Waals surface area contributed by atoms with Crippen LogP contribution in [0.5, 0.6) is 0 Å². The smallest absolute Gasteiger partial charge is 0.320 e. The molecule has 104 valence electrons. The second-order valence-corrected chi connectivity index (χ2v) is 5.55. The molecule has 2 amide bonds. The minimum absolute atomic E-state index is 0.0492. The highest BCUT2D eigenvalue weighted by Crippen LogP contribution is 2.25. The number of urea groups is 1. The lowest BCUT2D eigenvalue weighted by Crippen LogP contribution is -2.45. The zero-order valence-corrected chi connectivity index (χ0v) is 11.7. The van der Waals surface area contributed by atoms with Crippen molar-refractivity contribution in [2.75, 3.05) is 20.1 Å². The summed E-state index contributed by atoms with van der Waals surface area (Å²) in [5.74, 6) is -0.668. The highest BCUT2D eigenvalue weighted by molar-refractivity contribution is 5.78. The third-order valence-corrected chi connectivity index (χ3v) is 3.69. The zero-order valence-electron chi connectivity index (χ0n) is 11.7. The molecule has 2 unspecified atom stereocenters. The van der Waals surface area contributed by atoms with Crippen LogP contribution in [0, 0.1) is 11.8 Å². The maximum atomic E-state index is 12.2. The van der Waals surface area contributed by atoms with Gasteiger partial charge in [0.1, 0.15) is 0 Å². The van der Waals surface area contributed by atoms with Gasteiger partial charge < -0.3 is 14.9 Å². The van der Waals surface area contributed by atoms with Gasteiger partial charge in [-0.05, 0) is 25.7 Å². The van der Waals surface area contributed by atoms with Crippen molar-refractivity contribution in [2.45, 2.75) is 39.7 Å². The summed E-state index contributed by atoms with van der Waals surface area (Å²) in [6.07, 6.45) is 1.52. The molecule has 1 N–H and O–H groups in total. The standard InChI is InChI=1S/C13H24N2O3/c1-9(2)5-7-14(4)13(18)15-8-6-11(10(15)3)12(16)17/h9-11H,5-8H2,1-4H3,(H,16,17). The Bertz CT molecular complexity index is 317. The quantitative estimate of drug-likeness (QED) is 0.835. The van der Waals surface area contributed by atoms with E-state index in [-0.39, 0.29) is 12.1 Å². The molecule has 0 spiro atoms. The Morgan fingerprint density at radius 2 is 2.06 bits per heavy atom. The molecule has 1 aliphatic heterocycles.